The first-order valence-electron chi connectivity index (χ1n) is 7.67. The molecule has 120 valence electrons. The molecule has 1 amide bonds. The van der Waals surface area contributed by atoms with Crippen LogP contribution in [0.25, 0.3) is 11.1 Å². The molecule has 24 heavy (non-hydrogen) atoms. The van der Waals surface area contributed by atoms with Gasteiger partial charge >= 0.3 is 0 Å². The van der Waals surface area contributed by atoms with Crippen LogP contribution in [0.2, 0.25) is 0 Å². The number of anilines is 2. The first-order valence-corrected chi connectivity index (χ1v) is 8.46. The maximum Gasteiger partial charge on any atom is 0.243 e. The van der Waals surface area contributed by atoms with Gasteiger partial charge in [0.2, 0.25) is 5.91 Å². The van der Waals surface area contributed by atoms with Gasteiger partial charge in [0.1, 0.15) is 0 Å². The summed E-state index contributed by atoms with van der Waals surface area (Å²) in [7, 11) is 0. The largest absolute Gasteiger partial charge is 0.376 e. The monoisotopic (exact) mass is 380 g/mol. The Kier molecular flexibility index (Phi) is 5.29. The SMILES string of the molecule is O=C(CNc1ccccc1-c1ccccc1)Nc1ccccc1Br. The summed E-state index contributed by atoms with van der Waals surface area (Å²) in [6, 6.07) is 25.7. The molecule has 0 aliphatic heterocycles. The van der Waals surface area contributed by atoms with Crippen LogP contribution in [0.5, 0.6) is 0 Å². The van der Waals surface area contributed by atoms with Gasteiger partial charge in [0.05, 0.1) is 12.2 Å². The molecular formula is C20H17BrN2O. The topological polar surface area (TPSA) is 41.1 Å². The van der Waals surface area contributed by atoms with Crippen LogP contribution in [0.3, 0.4) is 0 Å². The number of rotatable bonds is 5. The maximum absolute atomic E-state index is 12.2. The summed E-state index contributed by atoms with van der Waals surface area (Å²) in [5.41, 5.74) is 3.89. The molecule has 0 saturated heterocycles. The van der Waals surface area contributed by atoms with Gasteiger partial charge in [-0.15, -0.1) is 0 Å². The zero-order valence-electron chi connectivity index (χ0n) is 13.0. The van der Waals surface area contributed by atoms with Gasteiger partial charge in [0, 0.05) is 15.7 Å². The second-order valence-electron chi connectivity index (χ2n) is 5.29. The van der Waals surface area contributed by atoms with Crippen LogP contribution in [-0.2, 0) is 4.79 Å². The van der Waals surface area contributed by atoms with E-state index in [2.05, 4.69) is 38.7 Å². The third-order valence-electron chi connectivity index (χ3n) is 3.60. The van der Waals surface area contributed by atoms with Crippen molar-refractivity contribution in [3.63, 3.8) is 0 Å². The minimum atomic E-state index is -0.0928. The van der Waals surface area contributed by atoms with Crippen LogP contribution < -0.4 is 10.6 Å². The van der Waals surface area contributed by atoms with Crippen molar-refractivity contribution in [2.75, 3.05) is 17.2 Å². The quantitative estimate of drug-likeness (QED) is 0.641. The molecule has 0 aromatic heterocycles. The first kappa shape index (κ1) is 16.3. The van der Waals surface area contributed by atoms with Gasteiger partial charge in [-0.3, -0.25) is 4.79 Å². The highest BCUT2D eigenvalue weighted by Crippen LogP contribution is 2.27. The molecule has 4 heteroatoms. The average molecular weight is 381 g/mol. The highest BCUT2D eigenvalue weighted by Gasteiger charge is 2.07. The summed E-state index contributed by atoms with van der Waals surface area (Å²) in [6.07, 6.45) is 0. The molecule has 3 aromatic carbocycles. The number of halogens is 1. The molecule has 3 nitrogen and oxygen atoms in total. The molecule has 0 unspecified atom stereocenters. The molecule has 0 aliphatic carbocycles. The summed E-state index contributed by atoms with van der Waals surface area (Å²) in [5, 5.41) is 6.12. The lowest BCUT2D eigenvalue weighted by molar-refractivity contribution is -0.114. The minimum Gasteiger partial charge on any atom is -0.376 e. The van der Waals surface area contributed by atoms with Crippen molar-refractivity contribution < 1.29 is 4.79 Å². The van der Waals surface area contributed by atoms with E-state index in [9.17, 15) is 4.79 Å². The number of carbonyl (C=O) groups is 1. The Morgan fingerprint density at radius 2 is 1.42 bits per heavy atom. The smallest absolute Gasteiger partial charge is 0.243 e. The molecule has 0 fully saturated rings. The minimum absolute atomic E-state index is 0.0928. The Bertz CT molecular complexity index is 834. The van der Waals surface area contributed by atoms with Crippen molar-refractivity contribution >= 4 is 33.2 Å². The average Bonchev–Trinajstić information content (AvgIpc) is 2.63. The van der Waals surface area contributed by atoms with Crippen LogP contribution in [0, 0.1) is 0 Å². The molecule has 0 aliphatic rings. The first-order chi connectivity index (χ1) is 11.7. The van der Waals surface area contributed by atoms with Crippen LogP contribution in [-0.4, -0.2) is 12.5 Å². The van der Waals surface area contributed by atoms with Crippen molar-refractivity contribution in [1.29, 1.82) is 0 Å². The summed E-state index contributed by atoms with van der Waals surface area (Å²) in [4.78, 5) is 12.2. The Labute approximate surface area is 149 Å². The summed E-state index contributed by atoms with van der Waals surface area (Å²) < 4.78 is 0.864. The summed E-state index contributed by atoms with van der Waals surface area (Å²) >= 11 is 3.43. The fraction of sp³-hybridized carbons (Fsp3) is 0.0500. The Morgan fingerprint density at radius 3 is 2.17 bits per heavy atom. The third-order valence-corrected chi connectivity index (χ3v) is 4.29. The van der Waals surface area contributed by atoms with E-state index in [1.165, 1.54) is 0 Å². The molecule has 0 heterocycles. The van der Waals surface area contributed by atoms with Crippen molar-refractivity contribution in [2.24, 2.45) is 0 Å². The fourth-order valence-electron chi connectivity index (χ4n) is 2.44. The van der Waals surface area contributed by atoms with Gasteiger partial charge in [0.15, 0.2) is 0 Å². The Hall–Kier alpha value is -2.59. The Morgan fingerprint density at radius 1 is 0.792 bits per heavy atom. The third kappa shape index (κ3) is 4.03. The van der Waals surface area contributed by atoms with E-state index in [4.69, 9.17) is 0 Å². The molecule has 3 rings (SSSR count). The van der Waals surface area contributed by atoms with Gasteiger partial charge in [-0.1, -0.05) is 60.7 Å². The highest BCUT2D eigenvalue weighted by molar-refractivity contribution is 9.10. The number of carbonyl (C=O) groups excluding carboxylic acids is 1. The lowest BCUT2D eigenvalue weighted by atomic mass is 10.0. The molecule has 2 N–H and O–H groups in total. The van der Waals surface area contributed by atoms with E-state index in [1.54, 1.807) is 0 Å². The lowest BCUT2D eigenvalue weighted by Gasteiger charge is -2.13. The number of nitrogens with one attached hydrogen (secondary N) is 2. The van der Waals surface area contributed by atoms with E-state index in [1.807, 2.05) is 66.7 Å². The van der Waals surface area contributed by atoms with Crippen molar-refractivity contribution in [1.82, 2.24) is 0 Å². The molecule has 0 saturated carbocycles. The number of benzene rings is 3. The molecule has 0 atom stereocenters. The van der Waals surface area contributed by atoms with Crippen molar-refractivity contribution in [2.45, 2.75) is 0 Å². The van der Waals surface area contributed by atoms with Crippen LogP contribution in [0.1, 0.15) is 0 Å². The normalized spacial score (nSPS) is 10.2. The number of amides is 1. The lowest BCUT2D eigenvalue weighted by Crippen LogP contribution is -2.22. The van der Waals surface area contributed by atoms with Gasteiger partial charge < -0.3 is 10.6 Å². The maximum atomic E-state index is 12.2. The zero-order chi connectivity index (χ0) is 16.8. The van der Waals surface area contributed by atoms with Gasteiger partial charge in [-0.25, -0.2) is 0 Å². The van der Waals surface area contributed by atoms with Crippen molar-refractivity contribution in [3.05, 3.63) is 83.3 Å². The molecular weight excluding hydrogens is 364 g/mol. The van der Waals surface area contributed by atoms with Gasteiger partial charge in [-0.05, 0) is 39.7 Å². The van der Waals surface area contributed by atoms with E-state index >= 15 is 0 Å². The number of hydrogen-bond donors (Lipinski definition) is 2. The van der Waals surface area contributed by atoms with Crippen molar-refractivity contribution in [3.8, 4) is 11.1 Å². The second kappa shape index (κ2) is 7.79. The van der Waals surface area contributed by atoms with Crippen LogP contribution >= 0.6 is 15.9 Å². The summed E-state index contributed by atoms with van der Waals surface area (Å²) in [6.45, 7) is 0.200. The molecule has 0 spiro atoms. The number of para-hydroxylation sites is 2. The molecule has 0 radical (unpaired) electrons. The van der Waals surface area contributed by atoms with Gasteiger partial charge in [0.25, 0.3) is 0 Å². The zero-order valence-corrected chi connectivity index (χ0v) is 14.6. The van der Waals surface area contributed by atoms with E-state index in [0.29, 0.717) is 0 Å². The predicted molar refractivity (Wildman–Crippen MR) is 103 cm³/mol. The Balaban J connectivity index is 1.69. The second-order valence-corrected chi connectivity index (χ2v) is 6.15. The number of hydrogen-bond acceptors (Lipinski definition) is 2. The van der Waals surface area contributed by atoms with Gasteiger partial charge in [-0.2, -0.15) is 0 Å². The van der Waals surface area contributed by atoms with Crippen LogP contribution in [0.15, 0.2) is 83.3 Å². The summed E-state index contributed by atoms with van der Waals surface area (Å²) in [5.74, 6) is -0.0928. The molecule has 0 bridgehead atoms. The van der Waals surface area contributed by atoms with E-state index in [-0.39, 0.29) is 12.5 Å². The predicted octanol–water partition coefficient (Wildman–Crippen LogP) is 5.17. The van der Waals surface area contributed by atoms with E-state index < -0.39 is 0 Å². The highest BCUT2D eigenvalue weighted by atomic mass is 79.9. The van der Waals surface area contributed by atoms with Crippen LogP contribution in [0.4, 0.5) is 11.4 Å². The van der Waals surface area contributed by atoms with E-state index in [0.717, 1.165) is 27.0 Å². The standard InChI is InChI=1S/C20H17BrN2O/c21-17-11-5-7-13-19(17)23-20(24)14-22-18-12-6-4-10-16(18)15-8-2-1-3-9-15/h1-13,22H,14H2,(H,23,24). The fourth-order valence-corrected chi connectivity index (χ4v) is 2.82. The molecule has 3 aromatic rings.